The Morgan fingerprint density at radius 2 is 1.24 bits per heavy atom. The molecule has 5 rings (SSSR count). The fraction of sp³-hybridized carbons (Fsp3) is 0.462. The zero-order chi connectivity index (χ0) is 24.3. The van der Waals surface area contributed by atoms with E-state index in [4.69, 9.17) is 42.1 Å². The molecule has 2 heterocycles. The van der Waals surface area contributed by atoms with Gasteiger partial charge in [0.15, 0.2) is 11.2 Å². The van der Waals surface area contributed by atoms with E-state index in [-0.39, 0.29) is 18.9 Å². The molecule has 2 saturated heterocycles. The first-order valence-electron chi connectivity index (χ1n) is 11.3. The van der Waals surface area contributed by atoms with Gasteiger partial charge in [-0.05, 0) is 42.3 Å². The van der Waals surface area contributed by atoms with Gasteiger partial charge in [0.05, 0.1) is 12.7 Å². The quantitative estimate of drug-likeness (QED) is 0.391. The van der Waals surface area contributed by atoms with Crippen LogP contribution in [-0.2, 0) is 28.5 Å². The van der Waals surface area contributed by atoms with Gasteiger partial charge in [-0.25, -0.2) is 0 Å². The molecule has 2 spiro atoms. The van der Waals surface area contributed by atoms with Gasteiger partial charge >= 0.3 is 11.9 Å². The van der Waals surface area contributed by atoms with Gasteiger partial charge in [0.25, 0.3) is 5.79 Å². The number of esters is 2. The Morgan fingerprint density at radius 1 is 0.794 bits per heavy atom. The van der Waals surface area contributed by atoms with Crippen molar-refractivity contribution in [2.45, 2.75) is 63.1 Å². The summed E-state index contributed by atoms with van der Waals surface area (Å²) in [6, 6.07) is 14.3. The molecule has 3 aliphatic rings. The van der Waals surface area contributed by atoms with Crippen molar-refractivity contribution in [3.05, 3.63) is 69.7 Å². The Balaban J connectivity index is 1.73. The Labute approximate surface area is 208 Å². The van der Waals surface area contributed by atoms with Crippen LogP contribution < -0.4 is 0 Å². The third kappa shape index (κ3) is 3.81. The minimum atomic E-state index is -1.64. The maximum atomic E-state index is 13.9. The van der Waals surface area contributed by atoms with Gasteiger partial charge in [0.1, 0.15) is 0 Å². The first-order valence-corrected chi connectivity index (χ1v) is 12.1. The van der Waals surface area contributed by atoms with E-state index in [0.29, 0.717) is 16.7 Å². The van der Waals surface area contributed by atoms with Crippen molar-refractivity contribution in [3.63, 3.8) is 0 Å². The van der Waals surface area contributed by atoms with Crippen molar-refractivity contribution in [2.75, 3.05) is 6.61 Å². The summed E-state index contributed by atoms with van der Waals surface area (Å²) >= 11 is 12.3. The molecule has 0 radical (unpaired) electrons. The van der Waals surface area contributed by atoms with E-state index in [1.807, 2.05) is 31.2 Å². The summed E-state index contributed by atoms with van der Waals surface area (Å²) in [4.78, 5) is 27.8. The first-order chi connectivity index (χ1) is 16.0. The van der Waals surface area contributed by atoms with Gasteiger partial charge in [-0.15, -0.1) is 0 Å². The van der Waals surface area contributed by atoms with Crippen LogP contribution in [-0.4, -0.2) is 36.2 Å². The second kappa shape index (κ2) is 8.23. The summed E-state index contributed by atoms with van der Waals surface area (Å²) in [6.07, 6.45) is 0.455. The molecule has 6 nitrogen and oxygen atoms in total. The highest BCUT2D eigenvalue weighted by atomic mass is 35.5. The van der Waals surface area contributed by atoms with Crippen molar-refractivity contribution >= 4 is 35.1 Å². The van der Waals surface area contributed by atoms with E-state index >= 15 is 0 Å². The molecule has 0 N–H and O–H groups in total. The summed E-state index contributed by atoms with van der Waals surface area (Å²) in [6.45, 7) is 5.48. The van der Waals surface area contributed by atoms with E-state index in [2.05, 4.69) is 0 Å². The first kappa shape index (κ1) is 23.6. The number of rotatable bonds is 2. The number of ether oxygens (including phenoxy) is 4. The standard InChI is InChI=1S/C26H26Cl2O6/c1-15-14-31-25(32-15)12-20(16-4-8-18(27)9-5-16)26(22(29)33-24(2,3)34-23(26)30)21(13-25)17-6-10-19(28)11-7-17/h4-11,15,20-21H,12-14H2,1-3H3/t15-,20?,21?,25?/m0/s1. The smallest absolute Gasteiger partial charge is 0.328 e. The molecular weight excluding hydrogens is 479 g/mol. The summed E-state index contributed by atoms with van der Waals surface area (Å²) in [5, 5.41) is 1.10. The maximum Gasteiger partial charge on any atom is 0.328 e. The fourth-order valence-electron chi connectivity index (χ4n) is 5.63. The van der Waals surface area contributed by atoms with Crippen LogP contribution in [0.4, 0.5) is 0 Å². The van der Waals surface area contributed by atoms with E-state index in [1.165, 1.54) is 0 Å². The molecule has 0 amide bonds. The molecule has 0 bridgehead atoms. The summed E-state index contributed by atoms with van der Waals surface area (Å²) < 4.78 is 24.0. The topological polar surface area (TPSA) is 71.1 Å². The van der Waals surface area contributed by atoms with Crippen LogP contribution in [0, 0.1) is 5.41 Å². The predicted molar refractivity (Wildman–Crippen MR) is 126 cm³/mol. The SMILES string of the molecule is C[C@H]1COC2(CC(c3ccc(Cl)cc3)C3(C(=O)OC(C)(C)OC3=O)C(c3ccc(Cl)cc3)C2)O1. The minimum absolute atomic E-state index is 0.116. The van der Waals surface area contributed by atoms with E-state index < -0.39 is 40.8 Å². The number of cyclic esters (lactones) is 2. The number of hydrogen-bond acceptors (Lipinski definition) is 6. The lowest BCUT2D eigenvalue weighted by Crippen LogP contribution is -2.63. The highest BCUT2D eigenvalue weighted by molar-refractivity contribution is 6.30. The molecule has 2 aromatic rings. The van der Waals surface area contributed by atoms with Crippen molar-refractivity contribution in [1.29, 1.82) is 0 Å². The highest BCUT2D eigenvalue weighted by Gasteiger charge is 2.70. The van der Waals surface area contributed by atoms with Crippen LogP contribution in [0.1, 0.15) is 56.6 Å². The Kier molecular flexibility index (Phi) is 5.72. The number of carbonyl (C=O) groups excluding carboxylic acids is 2. The van der Waals surface area contributed by atoms with Gasteiger partial charge in [0, 0.05) is 48.6 Å². The normalized spacial score (nSPS) is 32.0. The van der Waals surface area contributed by atoms with Gasteiger partial charge in [-0.1, -0.05) is 47.5 Å². The van der Waals surface area contributed by atoms with Crippen molar-refractivity contribution in [1.82, 2.24) is 0 Å². The molecule has 0 aromatic heterocycles. The van der Waals surface area contributed by atoms with Crippen LogP contribution in [0.2, 0.25) is 10.0 Å². The molecule has 180 valence electrons. The number of halogens is 2. The van der Waals surface area contributed by atoms with Crippen LogP contribution in [0.15, 0.2) is 48.5 Å². The lowest BCUT2D eigenvalue weighted by atomic mass is 9.54. The number of carbonyl (C=O) groups is 2. The zero-order valence-electron chi connectivity index (χ0n) is 19.2. The average Bonchev–Trinajstić information content (AvgIpc) is 3.12. The summed E-state index contributed by atoms with van der Waals surface area (Å²) in [5.74, 6) is -4.84. The molecule has 3 atom stereocenters. The lowest BCUT2D eigenvalue weighted by molar-refractivity contribution is -0.269. The maximum absolute atomic E-state index is 13.9. The molecular formula is C26H26Cl2O6. The molecule has 1 aliphatic carbocycles. The second-order valence-corrected chi connectivity index (χ2v) is 10.7. The van der Waals surface area contributed by atoms with E-state index in [1.54, 1.807) is 38.1 Å². The van der Waals surface area contributed by atoms with Crippen molar-refractivity contribution in [2.24, 2.45) is 5.41 Å². The molecule has 1 saturated carbocycles. The number of benzene rings is 2. The predicted octanol–water partition coefficient (Wildman–Crippen LogP) is 5.61. The molecule has 8 heteroatoms. The minimum Gasteiger partial charge on any atom is -0.422 e. The van der Waals surface area contributed by atoms with Crippen LogP contribution in [0.5, 0.6) is 0 Å². The zero-order valence-corrected chi connectivity index (χ0v) is 20.7. The second-order valence-electron chi connectivity index (χ2n) is 9.81. The molecule has 34 heavy (non-hydrogen) atoms. The highest BCUT2D eigenvalue weighted by Crippen LogP contribution is 2.62. The largest absolute Gasteiger partial charge is 0.422 e. The monoisotopic (exact) mass is 504 g/mol. The molecule has 3 fully saturated rings. The molecule has 2 aliphatic heterocycles. The third-order valence-corrected chi connectivity index (χ3v) is 7.53. The molecule has 2 unspecified atom stereocenters. The molecule has 2 aromatic carbocycles. The Morgan fingerprint density at radius 3 is 1.62 bits per heavy atom. The Bertz CT molecular complexity index is 1030. The number of hydrogen-bond donors (Lipinski definition) is 0. The van der Waals surface area contributed by atoms with Crippen molar-refractivity contribution < 1.29 is 28.5 Å². The van der Waals surface area contributed by atoms with E-state index in [0.717, 1.165) is 11.1 Å². The summed E-state index contributed by atoms with van der Waals surface area (Å²) in [5.41, 5.74) is -0.133. The van der Waals surface area contributed by atoms with Gasteiger partial charge in [0.2, 0.25) is 0 Å². The van der Waals surface area contributed by atoms with Crippen LogP contribution in [0.25, 0.3) is 0 Å². The van der Waals surface area contributed by atoms with Gasteiger partial charge in [-0.2, -0.15) is 0 Å². The van der Waals surface area contributed by atoms with Crippen LogP contribution in [0.3, 0.4) is 0 Å². The fourth-order valence-corrected chi connectivity index (χ4v) is 5.88. The van der Waals surface area contributed by atoms with E-state index in [9.17, 15) is 9.59 Å². The van der Waals surface area contributed by atoms with Crippen LogP contribution >= 0.6 is 23.2 Å². The average molecular weight is 505 g/mol. The third-order valence-electron chi connectivity index (χ3n) is 7.02. The van der Waals surface area contributed by atoms with Gasteiger partial charge < -0.3 is 18.9 Å². The van der Waals surface area contributed by atoms with Gasteiger partial charge in [-0.3, -0.25) is 9.59 Å². The van der Waals surface area contributed by atoms with Crippen molar-refractivity contribution in [3.8, 4) is 0 Å². The summed E-state index contributed by atoms with van der Waals surface area (Å²) in [7, 11) is 0. The lowest BCUT2D eigenvalue weighted by Gasteiger charge is -2.54. The Hall–Kier alpha value is -2.12.